The van der Waals surface area contributed by atoms with E-state index in [4.69, 9.17) is 10.5 Å². The first-order chi connectivity index (χ1) is 13.0. The number of anilines is 3. The summed E-state index contributed by atoms with van der Waals surface area (Å²) in [6.07, 6.45) is 1.54. The van der Waals surface area contributed by atoms with Gasteiger partial charge in [0.05, 0.1) is 18.5 Å². The van der Waals surface area contributed by atoms with Gasteiger partial charge in [-0.1, -0.05) is 6.07 Å². The molecular formula is C22H19FN2O2. The first-order valence-corrected chi connectivity index (χ1v) is 8.72. The lowest BCUT2D eigenvalue weighted by Gasteiger charge is -2.12. The van der Waals surface area contributed by atoms with Crippen molar-refractivity contribution in [2.24, 2.45) is 0 Å². The SMILES string of the molecule is COc1ccc2c(c1)C(=O)c1ccc(Nc3ccc(F)cc3N)cc1CC2. The molecule has 0 radical (unpaired) electrons. The molecule has 1 aliphatic rings. The molecule has 0 spiro atoms. The maximum Gasteiger partial charge on any atom is 0.193 e. The predicted molar refractivity (Wildman–Crippen MR) is 104 cm³/mol. The van der Waals surface area contributed by atoms with Gasteiger partial charge in [0.15, 0.2) is 5.78 Å². The summed E-state index contributed by atoms with van der Waals surface area (Å²) >= 11 is 0. The highest BCUT2D eigenvalue weighted by molar-refractivity contribution is 6.11. The summed E-state index contributed by atoms with van der Waals surface area (Å²) in [6.45, 7) is 0. The van der Waals surface area contributed by atoms with Crippen LogP contribution in [0.4, 0.5) is 21.5 Å². The van der Waals surface area contributed by atoms with Gasteiger partial charge in [-0.2, -0.15) is 0 Å². The van der Waals surface area contributed by atoms with Crippen molar-refractivity contribution in [3.8, 4) is 5.75 Å². The summed E-state index contributed by atoms with van der Waals surface area (Å²) in [5, 5.41) is 3.20. The second kappa shape index (κ2) is 6.76. The zero-order chi connectivity index (χ0) is 19.0. The Bertz CT molecular complexity index is 1050. The van der Waals surface area contributed by atoms with Gasteiger partial charge in [0.25, 0.3) is 0 Å². The van der Waals surface area contributed by atoms with E-state index in [2.05, 4.69) is 5.32 Å². The molecule has 0 atom stereocenters. The fourth-order valence-electron chi connectivity index (χ4n) is 3.43. The Balaban J connectivity index is 1.68. The molecule has 136 valence electrons. The minimum Gasteiger partial charge on any atom is -0.497 e. The van der Waals surface area contributed by atoms with Gasteiger partial charge in [0, 0.05) is 16.8 Å². The van der Waals surface area contributed by atoms with Crippen molar-refractivity contribution in [2.75, 3.05) is 18.2 Å². The number of methoxy groups -OCH3 is 1. The Morgan fingerprint density at radius 1 is 0.963 bits per heavy atom. The van der Waals surface area contributed by atoms with E-state index < -0.39 is 0 Å². The number of ether oxygens (including phenoxy) is 1. The van der Waals surface area contributed by atoms with E-state index in [0.29, 0.717) is 28.3 Å². The van der Waals surface area contributed by atoms with Crippen molar-refractivity contribution in [1.29, 1.82) is 0 Å². The fraction of sp³-hybridized carbons (Fsp3) is 0.136. The van der Waals surface area contributed by atoms with Crippen molar-refractivity contribution in [2.45, 2.75) is 12.8 Å². The molecule has 0 fully saturated rings. The van der Waals surface area contributed by atoms with Crippen LogP contribution in [0.3, 0.4) is 0 Å². The van der Waals surface area contributed by atoms with Crippen LogP contribution in [-0.2, 0) is 12.8 Å². The van der Waals surface area contributed by atoms with Gasteiger partial charge in [0.1, 0.15) is 11.6 Å². The minimum absolute atomic E-state index is 0.00393. The number of rotatable bonds is 3. The molecule has 3 aromatic carbocycles. The maximum atomic E-state index is 13.2. The molecular weight excluding hydrogens is 343 g/mol. The van der Waals surface area contributed by atoms with Crippen LogP contribution in [0, 0.1) is 5.82 Å². The second-order valence-corrected chi connectivity index (χ2v) is 6.58. The Kier molecular flexibility index (Phi) is 4.28. The number of hydrogen-bond acceptors (Lipinski definition) is 4. The fourth-order valence-corrected chi connectivity index (χ4v) is 3.43. The van der Waals surface area contributed by atoms with Gasteiger partial charge in [-0.25, -0.2) is 4.39 Å². The number of aryl methyl sites for hydroxylation is 2. The summed E-state index contributed by atoms with van der Waals surface area (Å²) in [5.74, 6) is 0.304. The minimum atomic E-state index is -0.376. The van der Waals surface area contributed by atoms with E-state index >= 15 is 0 Å². The Labute approximate surface area is 156 Å². The lowest BCUT2D eigenvalue weighted by atomic mass is 9.98. The maximum absolute atomic E-state index is 13.2. The average Bonchev–Trinajstić information content (AvgIpc) is 2.80. The van der Waals surface area contributed by atoms with Crippen LogP contribution < -0.4 is 15.8 Å². The highest BCUT2D eigenvalue weighted by Crippen LogP contribution is 2.31. The molecule has 0 amide bonds. The van der Waals surface area contributed by atoms with Gasteiger partial charge < -0.3 is 15.8 Å². The quantitative estimate of drug-likeness (QED) is 0.674. The summed E-state index contributed by atoms with van der Waals surface area (Å²) in [7, 11) is 1.59. The third-order valence-corrected chi connectivity index (χ3v) is 4.87. The van der Waals surface area contributed by atoms with E-state index in [1.54, 1.807) is 19.2 Å². The van der Waals surface area contributed by atoms with Gasteiger partial charge in [-0.15, -0.1) is 0 Å². The molecule has 3 aromatic rings. The third kappa shape index (κ3) is 3.24. The molecule has 3 N–H and O–H groups in total. The number of benzene rings is 3. The number of carbonyl (C=O) groups excluding carboxylic acids is 1. The highest BCUT2D eigenvalue weighted by atomic mass is 19.1. The summed E-state index contributed by atoms with van der Waals surface area (Å²) in [5.41, 5.74) is 11.0. The molecule has 0 aromatic heterocycles. The van der Waals surface area contributed by atoms with Crippen LogP contribution in [0.25, 0.3) is 0 Å². The van der Waals surface area contributed by atoms with Crippen LogP contribution in [0.2, 0.25) is 0 Å². The largest absolute Gasteiger partial charge is 0.497 e. The van der Waals surface area contributed by atoms with Crippen molar-refractivity contribution < 1.29 is 13.9 Å². The zero-order valence-corrected chi connectivity index (χ0v) is 14.9. The molecule has 0 heterocycles. The Morgan fingerprint density at radius 2 is 1.78 bits per heavy atom. The van der Waals surface area contributed by atoms with Gasteiger partial charge in [0.2, 0.25) is 0 Å². The Hall–Kier alpha value is -3.34. The summed E-state index contributed by atoms with van der Waals surface area (Å²) < 4.78 is 18.5. The molecule has 0 bridgehead atoms. The van der Waals surface area contributed by atoms with E-state index in [9.17, 15) is 9.18 Å². The third-order valence-electron chi connectivity index (χ3n) is 4.87. The first-order valence-electron chi connectivity index (χ1n) is 8.72. The summed E-state index contributed by atoms with van der Waals surface area (Å²) in [4.78, 5) is 13.0. The zero-order valence-electron chi connectivity index (χ0n) is 14.9. The lowest BCUT2D eigenvalue weighted by Crippen LogP contribution is -2.05. The molecule has 1 aliphatic carbocycles. The van der Waals surface area contributed by atoms with Crippen LogP contribution in [-0.4, -0.2) is 12.9 Å². The number of ketones is 1. The molecule has 5 heteroatoms. The van der Waals surface area contributed by atoms with E-state index in [-0.39, 0.29) is 11.6 Å². The van der Waals surface area contributed by atoms with Crippen molar-refractivity contribution in [1.82, 2.24) is 0 Å². The van der Waals surface area contributed by atoms with Crippen LogP contribution in [0.5, 0.6) is 5.75 Å². The topological polar surface area (TPSA) is 64.3 Å². The monoisotopic (exact) mass is 362 g/mol. The number of nitrogen functional groups attached to an aromatic ring is 1. The number of fused-ring (bicyclic) bond motifs is 2. The number of carbonyl (C=O) groups is 1. The molecule has 0 saturated heterocycles. The van der Waals surface area contributed by atoms with Crippen molar-refractivity contribution in [3.63, 3.8) is 0 Å². The number of halogens is 1. The van der Waals surface area contributed by atoms with E-state index in [1.807, 2.05) is 30.3 Å². The number of nitrogens with two attached hydrogens (primary N) is 1. The predicted octanol–water partition coefficient (Wildman–Crippen LogP) is 4.49. The molecule has 27 heavy (non-hydrogen) atoms. The van der Waals surface area contributed by atoms with Gasteiger partial charge in [-0.05, 0) is 72.5 Å². The van der Waals surface area contributed by atoms with E-state index in [0.717, 1.165) is 29.7 Å². The standard InChI is InChI=1S/C22H19FN2O2/c1-27-17-7-4-13-2-3-14-10-16(6-8-18(14)22(26)19(13)12-17)25-21-9-5-15(23)11-20(21)24/h4-12,25H,2-3,24H2,1H3. The smallest absolute Gasteiger partial charge is 0.193 e. The van der Waals surface area contributed by atoms with Crippen LogP contribution >= 0.6 is 0 Å². The normalized spacial score (nSPS) is 12.7. The first kappa shape index (κ1) is 17.1. The molecule has 0 saturated carbocycles. The molecule has 0 unspecified atom stereocenters. The van der Waals surface area contributed by atoms with Crippen molar-refractivity contribution >= 4 is 22.8 Å². The number of nitrogens with one attached hydrogen (secondary N) is 1. The Morgan fingerprint density at radius 3 is 2.56 bits per heavy atom. The molecule has 4 rings (SSSR count). The van der Waals surface area contributed by atoms with Crippen molar-refractivity contribution in [3.05, 3.63) is 82.7 Å². The number of hydrogen-bond donors (Lipinski definition) is 2. The van der Waals surface area contributed by atoms with Gasteiger partial charge >= 0.3 is 0 Å². The van der Waals surface area contributed by atoms with Crippen LogP contribution in [0.1, 0.15) is 27.0 Å². The second-order valence-electron chi connectivity index (χ2n) is 6.58. The molecule has 0 aliphatic heterocycles. The molecule has 4 nitrogen and oxygen atoms in total. The summed E-state index contributed by atoms with van der Waals surface area (Å²) in [6, 6.07) is 15.5. The van der Waals surface area contributed by atoms with E-state index in [1.165, 1.54) is 12.1 Å². The van der Waals surface area contributed by atoms with Gasteiger partial charge in [-0.3, -0.25) is 4.79 Å². The average molecular weight is 362 g/mol. The van der Waals surface area contributed by atoms with Crippen LogP contribution in [0.15, 0.2) is 54.6 Å². The lowest BCUT2D eigenvalue weighted by molar-refractivity contribution is 0.103. The highest BCUT2D eigenvalue weighted by Gasteiger charge is 2.22.